The van der Waals surface area contributed by atoms with Gasteiger partial charge in [-0.05, 0) is 36.9 Å². The van der Waals surface area contributed by atoms with Crippen LogP contribution >= 0.6 is 11.3 Å². The molecular formula is C21H22N4O2S. The average molecular weight is 395 g/mol. The largest absolute Gasteiger partial charge is 0.347 e. The molecule has 0 saturated carbocycles. The minimum Gasteiger partial charge on any atom is -0.347 e. The van der Waals surface area contributed by atoms with Crippen molar-refractivity contribution in [3.8, 4) is 0 Å². The van der Waals surface area contributed by atoms with E-state index < -0.39 is 0 Å². The number of hydrogen-bond acceptors (Lipinski definition) is 5. The van der Waals surface area contributed by atoms with Gasteiger partial charge in [-0.2, -0.15) is 0 Å². The van der Waals surface area contributed by atoms with Gasteiger partial charge in [0, 0.05) is 49.9 Å². The van der Waals surface area contributed by atoms with Gasteiger partial charge in [0.25, 0.3) is 11.8 Å². The Bertz CT molecular complexity index is 958. The first-order valence-corrected chi connectivity index (χ1v) is 10.1. The fraction of sp³-hybridized carbons (Fsp3) is 0.286. The third-order valence-corrected chi connectivity index (χ3v) is 6.02. The van der Waals surface area contributed by atoms with Gasteiger partial charge in [0.1, 0.15) is 4.83 Å². The Morgan fingerprint density at radius 1 is 1.11 bits per heavy atom. The van der Waals surface area contributed by atoms with Crippen LogP contribution in [0.1, 0.15) is 25.6 Å². The summed E-state index contributed by atoms with van der Waals surface area (Å²) in [6.45, 7) is 3.75. The number of carbonyl (C=O) groups is 2. The highest BCUT2D eigenvalue weighted by molar-refractivity contribution is 7.20. The van der Waals surface area contributed by atoms with Gasteiger partial charge in [-0.25, -0.2) is 4.98 Å². The Morgan fingerprint density at radius 2 is 1.86 bits per heavy atom. The van der Waals surface area contributed by atoms with E-state index in [4.69, 9.17) is 0 Å². The number of benzene rings is 1. The van der Waals surface area contributed by atoms with Crippen molar-refractivity contribution in [2.75, 3.05) is 33.2 Å². The summed E-state index contributed by atoms with van der Waals surface area (Å²) in [6, 6.07) is 13.1. The number of nitrogens with zero attached hydrogens (tertiary/aromatic N) is 3. The minimum atomic E-state index is -0.111. The summed E-state index contributed by atoms with van der Waals surface area (Å²) < 4.78 is 0. The second kappa shape index (κ2) is 8.08. The zero-order chi connectivity index (χ0) is 19.5. The molecule has 3 aromatic rings. The van der Waals surface area contributed by atoms with E-state index >= 15 is 0 Å². The summed E-state index contributed by atoms with van der Waals surface area (Å²) in [4.78, 5) is 34.9. The van der Waals surface area contributed by atoms with E-state index in [0.717, 1.165) is 42.0 Å². The lowest BCUT2D eigenvalue weighted by molar-refractivity contribution is 0.0664. The molecule has 3 heterocycles. The number of hydrogen-bond donors (Lipinski definition) is 1. The molecule has 4 rings (SSSR count). The van der Waals surface area contributed by atoms with Gasteiger partial charge in [0.05, 0.1) is 4.88 Å². The third-order valence-electron chi connectivity index (χ3n) is 4.96. The molecule has 1 aromatic carbocycles. The molecule has 2 amide bonds. The Morgan fingerprint density at radius 3 is 2.57 bits per heavy atom. The normalized spacial score (nSPS) is 15.0. The highest BCUT2D eigenvalue weighted by Gasteiger charge is 2.20. The van der Waals surface area contributed by atoms with Crippen molar-refractivity contribution < 1.29 is 9.59 Å². The van der Waals surface area contributed by atoms with E-state index in [-0.39, 0.29) is 11.8 Å². The molecular weight excluding hydrogens is 372 g/mol. The fourth-order valence-corrected chi connectivity index (χ4v) is 4.13. The number of pyridine rings is 1. The second-order valence-electron chi connectivity index (χ2n) is 6.98. The number of amides is 2. The third kappa shape index (κ3) is 4.05. The van der Waals surface area contributed by atoms with Crippen LogP contribution in [0.25, 0.3) is 10.2 Å². The molecule has 0 radical (unpaired) electrons. The van der Waals surface area contributed by atoms with E-state index in [1.54, 1.807) is 6.20 Å². The molecule has 144 valence electrons. The van der Waals surface area contributed by atoms with Gasteiger partial charge in [-0.3, -0.25) is 9.59 Å². The van der Waals surface area contributed by atoms with Crippen LogP contribution in [0.3, 0.4) is 0 Å². The Labute approximate surface area is 167 Å². The predicted molar refractivity (Wildman–Crippen MR) is 111 cm³/mol. The summed E-state index contributed by atoms with van der Waals surface area (Å²) in [5.41, 5.74) is 1.65. The zero-order valence-corrected chi connectivity index (χ0v) is 16.5. The van der Waals surface area contributed by atoms with Crippen molar-refractivity contribution in [1.29, 1.82) is 0 Å². The lowest BCUT2D eigenvalue weighted by Crippen LogP contribution is -2.47. The quantitative estimate of drug-likeness (QED) is 0.739. The van der Waals surface area contributed by atoms with Gasteiger partial charge in [-0.15, -0.1) is 11.3 Å². The maximum Gasteiger partial charge on any atom is 0.261 e. The van der Waals surface area contributed by atoms with E-state index in [9.17, 15) is 9.59 Å². The number of aromatic nitrogens is 1. The number of piperazine rings is 1. The van der Waals surface area contributed by atoms with Crippen LogP contribution in [0.5, 0.6) is 0 Å². The van der Waals surface area contributed by atoms with Gasteiger partial charge in [0.2, 0.25) is 0 Å². The number of carbonyl (C=O) groups excluding carboxylic acids is 2. The summed E-state index contributed by atoms with van der Waals surface area (Å²) in [5.74, 6) is -0.0398. The van der Waals surface area contributed by atoms with Crippen molar-refractivity contribution in [3.05, 3.63) is 64.7 Å². The molecule has 0 aliphatic carbocycles. The van der Waals surface area contributed by atoms with E-state index in [2.05, 4.69) is 22.2 Å². The topological polar surface area (TPSA) is 65.5 Å². The van der Waals surface area contributed by atoms with E-state index in [1.807, 2.05) is 47.4 Å². The predicted octanol–water partition coefficient (Wildman–Crippen LogP) is 2.61. The van der Waals surface area contributed by atoms with Crippen LogP contribution in [0.2, 0.25) is 0 Å². The summed E-state index contributed by atoms with van der Waals surface area (Å²) >= 11 is 1.39. The molecule has 2 aromatic heterocycles. The van der Waals surface area contributed by atoms with Crippen LogP contribution in [0.15, 0.2) is 48.7 Å². The summed E-state index contributed by atoms with van der Waals surface area (Å²) in [5, 5.41) is 3.91. The molecule has 7 heteroatoms. The SMILES string of the molecule is CN1CCN(C(=O)c2ccc(CNC(=O)c3cc4cccnc4s3)cc2)CC1. The number of thiophene rings is 1. The standard InChI is InChI=1S/C21H22N4O2S/c1-24-9-11-25(12-10-24)21(27)16-6-4-15(5-7-16)14-23-19(26)18-13-17-3-2-8-22-20(17)28-18/h2-8,13H,9-12,14H2,1H3,(H,23,26). The maximum absolute atomic E-state index is 12.6. The molecule has 1 aliphatic rings. The Balaban J connectivity index is 1.35. The van der Waals surface area contributed by atoms with Crippen LogP contribution in [0, 0.1) is 0 Å². The molecule has 0 bridgehead atoms. The molecule has 6 nitrogen and oxygen atoms in total. The monoisotopic (exact) mass is 394 g/mol. The second-order valence-corrected chi connectivity index (χ2v) is 8.01. The molecule has 1 aliphatic heterocycles. The van der Waals surface area contributed by atoms with Gasteiger partial charge in [0.15, 0.2) is 0 Å². The van der Waals surface area contributed by atoms with Crippen LogP contribution in [-0.2, 0) is 6.54 Å². The van der Waals surface area contributed by atoms with Crippen molar-refractivity contribution in [2.45, 2.75) is 6.54 Å². The number of fused-ring (bicyclic) bond motifs is 1. The van der Waals surface area contributed by atoms with Crippen LogP contribution in [0.4, 0.5) is 0 Å². The molecule has 28 heavy (non-hydrogen) atoms. The minimum absolute atomic E-state index is 0.0708. The zero-order valence-electron chi connectivity index (χ0n) is 15.7. The number of nitrogens with one attached hydrogen (secondary N) is 1. The van der Waals surface area contributed by atoms with Gasteiger partial charge >= 0.3 is 0 Å². The van der Waals surface area contributed by atoms with E-state index in [0.29, 0.717) is 17.0 Å². The molecule has 0 atom stereocenters. The van der Waals surface area contributed by atoms with Crippen molar-refractivity contribution in [2.24, 2.45) is 0 Å². The molecule has 1 fully saturated rings. The van der Waals surface area contributed by atoms with Crippen LogP contribution < -0.4 is 5.32 Å². The van der Waals surface area contributed by atoms with Crippen molar-refractivity contribution in [1.82, 2.24) is 20.1 Å². The van der Waals surface area contributed by atoms with Gasteiger partial charge < -0.3 is 15.1 Å². The molecule has 0 spiro atoms. The Kier molecular flexibility index (Phi) is 5.36. The molecule has 1 saturated heterocycles. The first-order valence-electron chi connectivity index (χ1n) is 9.30. The van der Waals surface area contributed by atoms with E-state index in [1.165, 1.54) is 11.3 Å². The first kappa shape index (κ1) is 18.6. The highest BCUT2D eigenvalue weighted by Crippen LogP contribution is 2.23. The van der Waals surface area contributed by atoms with Crippen molar-refractivity contribution in [3.63, 3.8) is 0 Å². The lowest BCUT2D eigenvalue weighted by Gasteiger charge is -2.32. The molecule has 0 unspecified atom stereocenters. The van der Waals surface area contributed by atoms with Crippen molar-refractivity contribution >= 4 is 33.4 Å². The Hall–Kier alpha value is -2.77. The lowest BCUT2D eigenvalue weighted by atomic mass is 10.1. The number of rotatable bonds is 4. The molecule has 1 N–H and O–H groups in total. The highest BCUT2D eigenvalue weighted by atomic mass is 32.1. The maximum atomic E-state index is 12.6. The smallest absolute Gasteiger partial charge is 0.261 e. The van der Waals surface area contributed by atoms with Crippen LogP contribution in [-0.4, -0.2) is 59.8 Å². The summed E-state index contributed by atoms with van der Waals surface area (Å²) in [6.07, 6.45) is 1.73. The van der Waals surface area contributed by atoms with Gasteiger partial charge in [-0.1, -0.05) is 18.2 Å². The summed E-state index contributed by atoms with van der Waals surface area (Å²) in [7, 11) is 2.07. The average Bonchev–Trinajstić information content (AvgIpc) is 3.17. The number of likely N-dealkylation sites (N-methyl/N-ethyl adjacent to an activating group) is 1. The first-order chi connectivity index (χ1) is 13.6. The fourth-order valence-electron chi connectivity index (χ4n) is 3.21.